The van der Waals surface area contributed by atoms with Gasteiger partial charge in [0.1, 0.15) is 6.07 Å². The molecule has 1 fully saturated rings. The first kappa shape index (κ1) is 12.2. The first-order valence-corrected chi connectivity index (χ1v) is 5.11. The number of benzene rings is 1. The van der Waals surface area contributed by atoms with E-state index >= 15 is 0 Å². The summed E-state index contributed by atoms with van der Waals surface area (Å²) < 4.78 is 38.6. The van der Waals surface area contributed by atoms with Gasteiger partial charge in [-0.05, 0) is 12.1 Å². The minimum atomic E-state index is -4.57. The van der Waals surface area contributed by atoms with Crippen molar-refractivity contribution in [2.45, 2.75) is 12.6 Å². The summed E-state index contributed by atoms with van der Waals surface area (Å²) in [5.41, 5.74) is 0.962. The molecule has 1 amide bonds. The highest BCUT2D eigenvalue weighted by molar-refractivity contribution is 5.83. The first-order chi connectivity index (χ1) is 8.43. The summed E-state index contributed by atoms with van der Waals surface area (Å²) in [4.78, 5) is 11.1. The van der Waals surface area contributed by atoms with Gasteiger partial charge in [0.25, 0.3) is 0 Å². The van der Waals surface area contributed by atoms with Crippen LogP contribution in [0.5, 0.6) is 0 Å². The molecule has 1 heterocycles. The maximum atomic E-state index is 12.9. The Morgan fingerprint density at radius 2 is 2.11 bits per heavy atom. The van der Waals surface area contributed by atoms with Crippen LogP contribution in [0.15, 0.2) is 18.2 Å². The van der Waals surface area contributed by atoms with Gasteiger partial charge in [-0.2, -0.15) is 18.4 Å². The van der Waals surface area contributed by atoms with Gasteiger partial charge in [-0.25, -0.2) is 0 Å². The maximum absolute atomic E-state index is 12.9. The van der Waals surface area contributed by atoms with Crippen molar-refractivity contribution >= 4 is 11.6 Å². The predicted octanol–water partition coefficient (Wildman–Crippen LogP) is 1.82. The van der Waals surface area contributed by atoms with Crippen LogP contribution >= 0.6 is 0 Å². The normalized spacial score (nSPS) is 15.4. The van der Waals surface area contributed by atoms with E-state index in [4.69, 9.17) is 5.26 Å². The number of alkyl halides is 3. The molecule has 0 spiro atoms. The lowest BCUT2D eigenvalue weighted by molar-refractivity contribution is -0.137. The molecule has 1 aliphatic rings. The number of nitrogens with one attached hydrogen (secondary N) is 1. The summed E-state index contributed by atoms with van der Waals surface area (Å²) in [5.74, 6) is -0.365. The lowest BCUT2D eigenvalue weighted by atomic mass is 10.1. The fourth-order valence-electron chi connectivity index (χ4n) is 1.80. The molecule has 94 valence electrons. The Morgan fingerprint density at radius 3 is 2.61 bits per heavy atom. The van der Waals surface area contributed by atoms with Gasteiger partial charge in [-0.1, -0.05) is 6.07 Å². The second-order valence-electron chi connectivity index (χ2n) is 3.75. The van der Waals surface area contributed by atoms with E-state index in [-0.39, 0.29) is 30.1 Å². The fraction of sp³-hybridized carbons (Fsp3) is 0.273. The second-order valence-corrected chi connectivity index (χ2v) is 3.75. The molecule has 0 unspecified atom stereocenters. The van der Waals surface area contributed by atoms with Crippen molar-refractivity contribution in [3.05, 3.63) is 29.3 Å². The van der Waals surface area contributed by atoms with Crippen LogP contribution in [0.1, 0.15) is 17.5 Å². The zero-order chi connectivity index (χ0) is 13.3. The molecule has 1 aliphatic heterocycles. The molecule has 0 radical (unpaired) electrons. The van der Waals surface area contributed by atoms with Crippen molar-refractivity contribution in [3.8, 4) is 6.07 Å². The molecule has 1 aromatic rings. The van der Waals surface area contributed by atoms with Crippen LogP contribution in [0, 0.1) is 11.3 Å². The standard InChI is InChI=1S/C11H8F3N3O/c12-11(13,14)8-3-1-2-7(6-15)10(8)17-5-4-9(18)16-17/h1-3H,4-5H2,(H,16,18). The Morgan fingerprint density at radius 1 is 1.39 bits per heavy atom. The maximum Gasteiger partial charge on any atom is 0.418 e. The highest BCUT2D eigenvalue weighted by Gasteiger charge is 2.37. The number of amides is 1. The Bertz CT molecular complexity index is 533. The van der Waals surface area contributed by atoms with Gasteiger partial charge in [0, 0.05) is 13.0 Å². The SMILES string of the molecule is N#Cc1cccc(C(F)(F)F)c1N1CCC(=O)N1. The lowest BCUT2D eigenvalue weighted by Crippen LogP contribution is -2.35. The Balaban J connectivity index is 2.56. The summed E-state index contributed by atoms with van der Waals surface area (Å²) in [6.45, 7) is 0.112. The van der Waals surface area contributed by atoms with Crippen molar-refractivity contribution in [1.29, 1.82) is 5.26 Å². The minimum Gasteiger partial charge on any atom is -0.283 e. The summed E-state index contributed by atoms with van der Waals surface area (Å²) in [7, 11) is 0. The molecule has 4 nitrogen and oxygen atoms in total. The Hall–Kier alpha value is -2.23. The van der Waals surface area contributed by atoms with Crippen LogP contribution in [0.25, 0.3) is 0 Å². The monoisotopic (exact) mass is 255 g/mol. The molecule has 18 heavy (non-hydrogen) atoms. The van der Waals surface area contributed by atoms with E-state index in [1.165, 1.54) is 12.1 Å². The molecular weight excluding hydrogens is 247 g/mol. The number of halogens is 3. The summed E-state index contributed by atoms with van der Waals surface area (Å²) in [6, 6.07) is 5.05. The molecule has 2 rings (SSSR count). The number of hydrogen-bond donors (Lipinski definition) is 1. The number of para-hydroxylation sites is 1. The van der Waals surface area contributed by atoms with Crippen molar-refractivity contribution < 1.29 is 18.0 Å². The highest BCUT2D eigenvalue weighted by atomic mass is 19.4. The van der Waals surface area contributed by atoms with Crippen molar-refractivity contribution in [2.75, 3.05) is 11.6 Å². The Labute approximate surface area is 101 Å². The Kier molecular flexibility index (Phi) is 2.87. The number of anilines is 1. The quantitative estimate of drug-likeness (QED) is 0.832. The minimum absolute atomic E-state index is 0.108. The molecule has 0 aliphatic carbocycles. The zero-order valence-electron chi connectivity index (χ0n) is 9.08. The zero-order valence-corrected chi connectivity index (χ0v) is 9.08. The van der Waals surface area contributed by atoms with Crippen LogP contribution in [-0.2, 0) is 11.0 Å². The first-order valence-electron chi connectivity index (χ1n) is 5.11. The average molecular weight is 255 g/mol. The van der Waals surface area contributed by atoms with Gasteiger partial charge in [0.15, 0.2) is 0 Å². The topological polar surface area (TPSA) is 56.1 Å². The summed E-state index contributed by atoms with van der Waals surface area (Å²) in [6.07, 6.45) is -4.47. The van der Waals surface area contributed by atoms with Gasteiger partial charge in [0.05, 0.1) is 16.8 Å². The van der Waals surface area contributed by atoms with Crippen molar-refractivity contribution in [3.63, 3.8) is 0 Å². The van der Waals surface area contributed by atoms with Crippen molar-refractivity contribution in [2.24, 2.45) is 0 Å². The molecule has 1 aromatic carbocycles. The molecule has 1 saturated heterocycles. The molecule has 0 aromatic heterocycles. The number of carbonyl (C=O) groups is 1. The number of hydrogen-bond acceptors (Lipinski definition) is 3. The molecule has 0 saturated carbocycles. The van der Waals surface area contributed by atoms with Gasteiger partial charge >= 0.3 is 6.18 Å². The van der Waals surface area contributed by atoms with Crippen LogP contribution in [0.3, 0.4) is 0 Å². The van der Waals surface area contributed by atoms with E-state index < -0.39 is 11.7 Å². The second kappa shape index (κ2) is 4.22. The van der Waals surface area contributed by atoms with E-state index in [1.807, 2.05) is 0 Å². The fourth-order valence-corrected chi connectivity index (χ4v) is 1.80. The molecular formula is C11H8F3N3O. The van der Waals surface area contributed by atoms with E-state index in [2.05, 4.69) is 5.43 Å². The largest absolute Gasteiger partial charge is 0.418 e. The summed E-state index contributed by atoms with van der Waals surface area (Å²) >= 11 is 0. The predicted molar refractivity (Wildman–Crippen MR) is 56.3 cm³/mol. The van der Waals surface area contributed by atoms with Gasteiger partial charge in [0.2, 0.25) is 5.91 Å². The van der Waals surface area contributed by atoms with Crippen LogP contribution in [0.2, 0.25) is 0 Å². The number of hydrazine groups is 1. The van der Waals surface area contributed by atoms with E-state index in [0.717, 1.165) is 11.1 Å². The van der Waals surface area contributed by atoms with Crippen LogP contribution < -0.4 is 10.4 Å². The smallest absolute Gasteiger partial charge is 0.283 e. The molecule has 7 heteroatoms. The third-order valence-corrected chi connectivity index (χ3v) is 2.55. The lowest BCUT2D eigenvalue weighted by Gasteiger charge is -2.23. The van der Waals surface area contributed by atoms with Gasteiger partial charge in [-0.15, -0.1) is 0 Å². The van der Waals surface area contributed by atoms with Gasteiger partial charge < -0.3 is 0 Å². The van der Waals surface area contributed by atoms with Crippen LogP contribution in [-0.4, -0.2) is 12.5 Å². The summed E-state index contributed by atoms with van der Waals surface area (Å²) in [5, 5.41) is 9.95. The average Bonchev–Trinajstić information content (AvgIpc) is 2.73. The van der Waals surface area contributed by atoms with E-state index in [9.17, 15) is 18.0 Å². The number of nitriles is 1. The van der Waals surface area contributed by atoms with E-state index in [1.54, 1.807) is 6.07 Å². The molecule has 0 atom stereocenters. The molecule has 0 bridgehead atoms. The highest BCUT2D eigenvalue weighted by Crippen LogP contribution is 2.38. The number of nitrogens with zero attached hydrogens (tertiary/aromatic N) is 2. The third kappa shape index (κ3) is 2.09. The van der Waals surface area contributed by atoms with Crippen molar-refractivity contribution in [1.82, 2.24) is 5.43 Å². The van der Waals surface area contributed by atoms with Crippen LogP contribution in [0.4, 0.5) is 18.9 Å². The van der Waals surface area contributed by atoms with Gasteiger partial charge in [-0.3, -0.25) is 15.2 Å². The molecule has 1 N–H and O–H groups in total. The number of rotatable bonds is 1. The van der Waals surface area contributed by atoms with E-state index in [0.29, 0.717) is 0 Å². The third-order valence-electron chi connectivity index (χ3n) is 2.55. The number of carbonyl (C=O) groups excluding carboxylic acids is 1.